The molecule has 5 aliphatic rings. The Balaban J connectivity index is 0.754. The lowest BCUT2D eigenvalue weighted by atomic mass is 9.66. The van der Waals surface area contributed by atoms with E-state index in [0.29, 0.717) is 0 Å². The molecule has 5 aliphatic carbocycles. The highest BCUT2D eigenvalue weighted by Gasteiger charge is 2.48. The highest BCUT2D eigenvalue weighted by Crippen LogP contribution is 2.60. The first-order valence-electron chi connectivity index (χ1n) is 38.4. The van der Waals surface area contributed by atoms with Crippen LogP contribution in [0.2, 0.25) is 0 Å². The maximum Gasteiger partial charge on any atom is 0.0630 e. The van der Waals surface area contributed by atoms with Crippen molar-refractivity contribution in [1.29, 1.82) is 0 Å². The van der Waals surface area contributed by atoms with E-state index in [0.717, 1.165) is 107 Å². The fraction of sp³-hybridized carbons (Fsp3) is 0.218. The standard InChI is InChI=1S/C101H96N2/c1-3-75-43-47-77(48-44-75)29-13-6-5-7-27-70-101(87-37-21-11-22-38-87)96-41-25-23-39-92(96)94-68-67-91(74-99(94)101)103(89-63-57-84(58-64-89)81-33-17-9-18-34-81)90-65-59-85(60-66-90)82-53-51-79(52-54-82)73-98-95(69-72-102-88-61-55-83(56-62-88)80-31-15-8-16-32-80)93-40-24-26-42-97(93)100(98,86-35-19-10-20-36-86)71-28-12-14-30-78-49-45-76(4-2)46-50-78/h4,8-11,15-17,19,21-22,24-26,31-33,35,37-38,40-69,72-74H,2-3,5-7,12-14,18,20,23,27-30,34,36,39,70-71H2,1H3/b95-69-,98-73+,102-72-. The number of unbranched alkanes of at least 4 members (excludes halogenated alkanes) is 6. The Kier molecular flexibility index (Phi) is 21.2. The van der Waals surface area contributed by atoms with Gasteiger partial charge in [0.15, 0.2) is 0 Å². The molecular formula is C101H96N2. The van der Waals surface area contributed by atoms with Crippen LogP contribution in [0.3, 0.4) is 0 Å². The Morgan fingerprint density at radius 1 is 0.447 bits per heavy atom. The Bertz CT molecular complexity index is 4890. The molecule has 0 N–H and O–H groups in total. The molecule has 0 saturated heterocycles. The Hall–Kier alpha value is -10.7. The largest absolute Gasteiger partial charge is 0.310 e. The van der Waals surface area contributed by atoms with Crippen LogP contribution in [-0.4, -0.2) is 6.21 Å². The fourth-order valence-electron chi connectivity index (χ4n) is 17.3. The second kappa shape index (κ2) is 32.1. The predicted molar refractivity (Wildman–Crippen MR) is 442 cm³/mol. The van der Waals surface area contributed by atoms with Crippen LogP contribution in [0.1, 0.15) is 171 Å². The average molecular weight is 1340 g/mol. The van der Waals surface area contributed by atoms with Gasteiger partial charge in [-0.2, -0.15) is 0 Å². The van der Waals surface area contributed by atoms with Crippen LogP contribution < -0.4 is 4.90 Å². The lowest BCUT2D eigenvalue weighted by molar-refractivity contribution is 0.497. The first-order valence-corrected chi connectivity index (χ1v) is 38.4. The molecule has 0 spiro atoms. The molecule has 10 aromatic rings. The van der Waals surface area contributed by atoms with E-state index >= 15 is 0 Å². The summed E-state index contributed by atoms with van der Waals surface area (Å²) in [5, 5.41) is 0. The molecule has 2 atom stereocenters. The summed E-state index contributed by atoms with van der Waals surface area (Å²) >= 11 is 0. The van der Waals surface area contributed by atoms with Crippen LogP contribution in [0, 0.1) is 0 Å². The molecular weight excluding hydrogens is 1240 g/mol. The third kappa shape index (κ3) is 14.7. The van der Waals surface area contributed by atoms with E-state index < -0.39 is 0 Å². The van der Waals surface area contributed by atoms with Crippen molar-refractivity contribution in [2.24, 2.45) is 4.99 Å². The van der Waals surface area contributed by atoms with E-state index in [1.54, 1.807) is 0 Å². The number of nitrogens with zero attached hydrogens (tertiary/aromatic N) is 2. The Morgan fingerprint density at radius 2 is 1.00 bits per heavy atom. The topological polar surface area (TPSA) is 15.6 Å². The summed E-state index contributed by atoms with van der Waals surface area (Å²) in [6, 6.07) is 93.8. The van der Waals surface area contributed by atoms with Crippen LogP contribution in [-0.2, 0) is 30.1 Å². The van der Waals surface area contributed by atoms with Gasteiger partial charge in [-0.1, -0.05) is 312 Å². The maximum atomic E-state index is 5.13. The van der Waals surface area contributed by atoms with E-state index in [1.807, 2.05) is 12.3 Å². The average Bonchev–Trinajstić information content (AvgIpc) is 1.58. The van der Waals surface area contributed by atoms with Crippen LogP contribution in [0.25, 0.3) is 51.1 Å². The third-order valence-corrected chi connectivity index (χ3v) is 22.7. The minimum Gasteiger partial charge on any atom is -0.310 e. The second-order valence-electron chi connectivity index (χ2n) is 28.9. The molecule has 2 unspecified atom stereocenters. The molecule has 0 heterocycles. The van der Waals surface area contributed by atoms with Crippen molar-refractivity contribution in [2.45, 2.75) is 140 Å². The first kappa shape index (κ1) is 68.1. The van der Waals surface area contributed by atoms with E-state index in [9.17, 15) is 0 Å². The van der Waals surface area contributed by atoms with Crippen molar-refractivity contribution < 1.29 is 0 Å². The van der Waals surface area contributed by atoms with Crippen LogP contribution in [0.5, 0.6) is 0 Å². The number of fused-ring (bicyclic) bond motifs is 3. The quantitative estimate of drug-likeness (QED) is 0.0370. The molecule has 510 valence electrons. The van der Waals surface area contributed by atoms with Gasteiger partial charge < -0.3 is 4.90 Å². The van der Waals surface area contributed by atoms with Crippen LogP contribution >= 0.6 is 0 Å². The van der Waals surface area contributed by atoms with Gasteiger partial charge in [0.25, 0.3) is 0 Å². The molecule has 0 saturated carbocycles. The van der Waals surface area contributed by atoms with Crippen molar-refractivity contribution in [3.05, 3.63) is 388 Å². The van der Waals surface area contributed by atoms with Crippen molar-refractivity contribution in [1.82, 2.24) is 0 Å². The monoisotopic (exact) mass is 1340 g/mol. The zero-order chi connectivity index (χ0) is 69.6. The third-order valence-electron chi connectivity index (χ3n) is 22.7. The van der Waals surface area contributed by atoms with Crippen molar-refractivity contribution in [3.63, 3.8) is 0 Å². The van der Waals surface area contributed by atoms with Crippen molar-refractivity contribution in [2.75, 3.05) is 4.90 Å². The van der Waals surface area contributed by atoms with E-state index in [2.05, 4.69) is 328 Å². The van der Waals surface area contributed by atoms with Gasteiger partial charge in [0.1, 0.15) is 0 Å². The van der Waals surface area contributed by atoms with Gasteiger partial charge in [-0.15, -0.1) is 0 Å². The number of hydrogen-bond donors (Lipinski definition) is 0. The fourth-order valence-corrected chi connectivity index (χ4v) is 17.3. The summed E-state index contributed by atoms with van der Waals surface area (Å²) in [5.74, 6) is 0. The summed E-state index contributed by atoms with van der Waals surface area (Å²) < 4.78 is 0. The van der Waals surface area contributed by atoms with Crippen LogP contribution in [0.4, 0.5) is 22.7 Å². The predicted octanol–water partition coefficient (Wildman–Crippen LogP) is 27.6. The lowest BCUT2D eigenvalue weighted by Gasteiger charge is -2.37. The number of benzene rings is 10. The molecule has 0 fully saturated rings. The Morgan fingerprint density at radius 3 is 1.67 bits per heavy atom. The van der Waals surface area contributed by atoms with Gasteiger partial charge in [-0.25, -0.2) is 0 Å². The molecule has 103 heavy (non-hydrogen) atoms. The van der Waals surface area contributed by atoms with Crippen molar-refractivity contribution >= 4 is 57.8 Å². The summed E-state index contributed by atoms with van der Waals surface area (Å²) in [7, 11) is 0. The zero-order valence-electron chi connectivity index (χ0n) is 60.1. The number of aliphatic imine (C=N–C) groups is 1. The van der Waals surface area contributed by atoms with E-state index in [-0.39, 0.29) is 10.8 Å². The molecule has 0 aliphatic heterocycles. The van der Waals surface area contributed by atoms with Gasteiger partial charge in [0.05, 0.1) is 5.69 Å². The summed E-state index contributed by atoms with van der Waals surface area (Å²) in [4.78, 5) is 7.64. The molecule has 2 heteroatoms. The second-order valence-corrected chi connectivity index (χ2v) is 28.9. The number of hydrogen-bond acceptors (Lipinski definition) is 2. The number of aryl methyl sites for hydroxylation is 3. The number of rotatable bonds is 27. The molecule has 15 rings (SSSR count). The van der Waals surface area contributed by atoms with Crippen LogP contribution in [0.15, 0.2) is 332 Å². The number of allylic oxidation sites excluding steroid dienone is 15. The molecule has 0 aromatic heterocycles. The summed E-state index contributed by atoms with van der Waals surface area (Å²) in [6.45, 7) is 6.23. The zero-order valence-corrected chi connectivity index (χ0v) is 60.1. The normalized spacial score (nSPS) is 18.1. The summed E-state index contributed by atoms with van der Waals surface area (Å²) in [5.41, 5.74) is 32.0. The maximum absolute atomic E-state index is 5.13. The van der Waals surface area contributed by atoms with E-state index in [1.165, 1.54) is 155 Å². The minimum absolute atomic E-state index is 0.252. The van der Waals surface area contributed by atoms with Gasteiger partial charge >= 0.3 is 0 Å². The SMILES string of the molecule is C=Cc1ccc(CCCCCC2(C3=CC=CCC3)C(=C/c3ccc(-c4ccc(N(c5ccc(C6=CC=CCC6)cc5)c5ccc6c(c5)C(CCCCCCCc5ccc(CC)cc5)(c5ccccc5)C5=C6CCC=C5)cc4)cc3)/C(=C\C=N/c3ccc(-c4ccccc4)cc3)c3ccccc32)cc1. The highest BCUT2D eigenvalue weighted by atomic mass is 15.1. The van der Waals surface area contributed by atoms with Gasteiger partial charge in [-0.3, -0.25) is 4.99 Å². The highest BCUT2D eigenvalue weighted by molar-refractivity contribution is 6.02. The molecule has 0 bridgehead atoms. The van der Waals surface area contributed by atoms with Crippen molar-refractivity contribution in [3.8, 4) is 22.3 Å². The molecule has 10 aromatic carbocycles. The molecule has 0 radical (unpaired) electrons. The number of anilines is 3. The van der Waals surface area contributed by atoms with Gasteiger partial charge in [0.2, 0.25) is 0 Å². The van der Waals surface area contributed by atoms with E-state index in [4.69, 9.17) is 4.99 Å². The van der Waals surface area contributed by atoms with Gasteiger partial charge in [-0.05, 0) is 255 Å². The lowest BCUT2D eigenvalue weighted by Crippen LogP contribution is -2.29. The molecule has 0 amide bonds. The first-order chi connectivity index (χ1) is 50.9. The minimum atomic E-state index is -0.314. The summed E-state index contributed by atoms with van der Waals surface area (Å²) in [6.07, 6.45) is 48.9. The Labute approximate surface area is 613 Å². The molecule has 2 nitrogen and oxygen atoms in total. The smallest absolute Gasteiger partial charge is 0.0630 e. The van der Waals surface area contributed by atoms with Gasteiger partial charge in [0, 0.05) is 34.1 Å².